The number of rotatable bonds is 5. The summed E-state index contributed by atoms with van der Waals surface area (Å²) in [6.45, 7) is 7.17. The van der Waals surface area contributed by atoms with Crippen LogP contribution in [0.4, 0.5) is 5.82 Å². The minimum atomic E-state index is 0.589. The molecule has 2 aliphatic rings. The van der Waals surface area contributed by atoms with Crippen LogP contribution in [-0.2, 0) is 0 Å². The van der Waals surface area contributed by atoms with E-state index in [2.05, 4.69) is 28.9 Å². The molecule has 0 amide bonds. The van der Waals surface area contributed by atoms with E-state index in [1.165, 1.54) is 88.9 Å². The van der Waals surface area contributed by atoms with Crippen molar-refractivity contribution in [3.05, 3.63) is 23.9 Å². The lowest BCUT2D eigenvalue weighted by Crippen LogP contribution is -2.37. The van der Waals surface area contributed by atoms with Gasteiger partial charge in [-0.1, -0.05) is 25.8 Å². The number of anilines is 1. The van der Waals surface area contributed by atoms with Crippen molar-refractivity contribution < 1.29 is 0 Å². The van der Waals surface area contributed by atoms with Gasteiger partial charge < -0.3 is 4.90 Å². The monoisotopic (exact) mass is 301 g/mol. The maximum absolute atomic E-state index is 4.79. The molecule has 3 heterocycles. The summed E-state index contributed by atoms with van der Waals surface area (Å²) in [7, 11) is 0. The average Bonchev–Trinajstić information content (AvgIpc) is 2.61. The largest absolute Gasteiger partial charge is 0.356 e. The molecule has 0 radical (unpaired) electrons. The number of nitrogens with zero attached hydrogens (tertiary/aromatic N) is 3. The van der Waals surface area contributed by atoms with Gasteiger partial charge in [0.25, 0.3) is 0 Å². The number of aromatic nitrogens is 1. The summed E-state index contributed by atoms with van der Waals surface area (Å²) < 4.78 is 0. The lowest BCUT2D eigenvalue weighted by atomic mass is 9.94. The van der Waals surface area contributed by atoms with Crippen molar-refractivity contribution in [1.82, 2.24) is 9.88 Å². The van der Waals surface area contributed by atoms with Crippen molar-refractivity contribution in [2.75, 3.05) is 31.1 Å². The highest BCUT2D eigenvalue weighted by Gasteiger charge is 2.27. The fraction of sp³-hybridized carbons (Fsp3) is 0.737. The molecule has 3 nitrogen and oxygen atoms in total. The Morgan fingerprint density at radius 1 is 1.09 bits per heavy atom. The maximum Gasteiger partial charge on any atom is 0.133 e. The molecule has 122 valence electrons. The third-order valence-electron chi connectivity index (χ3n) is 5.24. The van der Waals surface area contributed by atoms with Gasteiger partial charge in [0.15, 0.2) is 0 Å². The van der Waals surface area contributed by atoms with Crippen molar-refractivity contribution in [3.8, 4) is 0 Å². The first-order chi connectivity index (χ1) is 10.9. The van der Waals surface area contributed by atoms with Crippen molar-refractivity contribution >= 4 is 5.82 Å². The predicted octanol–water partition coefficient (Wildman–Crippen LogP) is 4.40. The van der Waals surface area contributed by atoms with E-state index < -0.39 is 0 Å². The first-order valence-electron chi connectivity index (χ1n) is 9.34. The Balaban J connectivity index is 1.82. The third kappa shape index (κ3) is 3.62. The summed E-state index contributed by atoms with van der Waals surface area (Å²) in [4.78, 5) is 10.0. The second kappa shape index (κ2) is 7.96. The molecule has 0 N–H and O–H groups in total. The summed E-state index contributed by atoms with van der Waals surface area (Å²) >= 11 is 0. The van der Waals surface area contributed by atoms with Crippen LogP contribution in [0.2, 0.25) is 0 Å². The van der Waals surface area contributed by atoms with Crippen molar-refractivity contribution in [3.63, 3.8) is 0 Å². The standard InChI is InChI=1S/C19H31N3/c1-2-3-13-21-14-8-5-11-18(21)17-10-9-12-20-19(17)22-15-6-4-7-16-22/h9-10,12,18H,2-8,11,13-16H2,1H3/t18-/m1/s1. The summed E-state index contributed by atoms with van der Waals surface area (Å²) in [5.41, 5.74) is 1.49. The summed E-state index contributed by atoms with van der Waals surface area (Å²) in [6.07, 6.45) is 12.6. The molecule has 22 heavy (non-hydrogen) atoms. The fourth-order valence-corrected chi connectivity index (χ4v) is 4.01. The molecule has 0 bridgehead atoms. The van der Waals surface area contributed by atoms with Gasteiger partial charge in [0.05, 0.1) is 0 Å². The van der Waals surface area contributed by atoms with Crippen LogP contribution < -0.4 is 4.90 Å². The van der Waals surface area contributed by atoms with Crippen LogP contribution in [0.25, 0.3) is 0 Å². The lowest BCUT2D eigenvalue weighted by molar-refractivity contribution is 0.146. The number of unbranched alkanes of at least 4 members (excludes halogenated alkanes) is 1. The van der Waals surface area contributed by atoms with Crippen LogP contribution in [0.1, 0.15) is 69.9 Å². The zero-order valence-electron chi connectivity index (χ0n) is 14.1. The van der Waals surface area contributed by atoms with E-state index in [0.29, 0.717) is 6.04 Å². The Morgan fingerprint density at radius 2 is 1.91 bits per heavy atom. The highest BCUT2D eigenvalue weighted by Crippen LogP contribution is 2.36. The zero-order valence-corrected chi connectivity index (χ0v) is 14.1. The zero-order chi connectivity index (χ0) is 15.2. The van der Waals surface area contributed by atoms with Gasteiger partial charge in [-0.3, -0.25) is 4.90 Å². The van der Waals surface area contributed by atoms with Gasteiger partial charge in [-0.15, -0.1) is 0 Å². The average molecular weight is 301 g/mol. The van der Waals surface area contributed by atoms with Crippen molar-refractivity contribution in [1.29, 1.82) is 0 Å². The Hall–Kier alpha value is -1.09. The number of piperidine rings is 2. The Labute approximate surface area is 135 Å². The van der Waals surface area contributed by atoms with E-state index in [1.807, 2.05) is 6.20 Å². The van der Waals surface area contributed by atoms with Crippen LogP contribution >= 0.6 is 0 Å². The molecule has 1 aromatic heterocycles. The molecule has 0 spiro atoms. The highest BCUT2D eigenvalue weighted by molar-refractivity contribution is 5.49. The van der Waals surface area contributed by atoms with E-state index in [-0.39, 0.29) is 0 Å². The molecule has 2 aliphatic heterocycles. The van der Waals surface area contributed by atoms with E-state index in [9.17, 15) is 0 Å². The van der Waals surface area contributed by atoms with E-state index in [0.717, 1.165) is 0 Å². The number of pyridine rings is 1. The van der Waals surface area contributed by atoms with Crippen LogP contribution in [0, 0.1) is 0 Å². The fourth-order valence-electron chi connectivity index (χ4n) is 4.01. The number of likely N-dealkylation sites (tertiary alicyclic amines) is 1. The smallest absolute Gasteiger partial charge is 0.133 e. The van der Waals surface area contributed by atoms with Gasteiger partial charge in [-0.2, -0.15) is 0 Å². The summed E-state index contributed by atoms with van der Waals surface area (Å²) in [5, 5.41) is 0. The van der Waals surface area contributed by atoms with Crippen molar-refractivity contribution in [2.45, 2.75) is 64.3 Å². The summed E-state index contributed by atoms with van der Waals surface area (Å²) in [6, 6.07) is 5.06. The molecule has 2 saturated heterocycles. The molecule has 0 saturated carbocycles. The maximum atomic E-state index is 4.79. The van der Waals surface area contributed by atoms with Gasteiger partial charge in [0.1, 0.15) is 5.82 Å². The van der Waals surface area contributed by atoms with E-state index >= 15 is 0 Å². The predicted molar refractivity (Wildman–Crippen MR) is 93.4 cm³/mol. The molecule has 1 atom stereocenters. The quantitative estimate of drug-likeness (QED) is 0.803. The Morgan fingerprint density at radius 3 is 2.73 bits per heavy atom. The molecule has 0 aliphatic carbocycles. The molecule has 1 aromatic rings. The molecule has 3 rings (SSSR count). The van der Waals surface area contributed by atoms with Crippen LogP contribution in [0.3, 0.4) is 0 Å². The third-order valence-corrected chi connectivity index (χ3v) is 5.24. The van der Waals surface area contributed by atoms with Gasteiger partial charge in [-0.25, -0.2) is 4.98 Å². The highest BCUT2D eigenvalue weighted by atomic mass is 15.2. The molecular weight excluding hydrogens is 270 g/mol. The minimum Gasteiger partial charge on any atom is -0.356 e. The second-order valence-corrected chi connectivity index (χ2v) is 6.87. The van der Waals surface area contributed by atoms with Crippen LogP contribution in [0.15, 0.2) is 18.3 Å². The minimum absolute atomic E-state index is 0.589. The topological polar surface area (TPSA) is 19.4 Å². The SMILES string of the molecule is CCCCN1CCCC[C@@H]1c1cccnc1N1CCCCC1. The van der Waals surface area contributed by atoms with Gasteiger partial charge in [0.2, 0.25) is 0 Å². The van der Waals surface area contributed by atoms with E-state index in [4.69, 9.17) is 4.98 Å². The van der Waals surface area contributed by atoms with E-state index in [1.54, 1.807) is 0 Å². The molecule has 3 heteroatoms. The summed E-state index contributed by atoms with van der Waals surface area (Å²) in [5.74, 6) is 1.27. The van der Waals surface area contributed by atoms with Crippen LogP contribution in [-0.4, -0.2) is 36.1 Å². The number of hydrogen-bond acceptors (Lipinski definition) is 3. The first kappa shape index (κ1) is 15.8. The van der Waals surface area contributed by atoms with Crippen molar-refractivity contribution in [2.24, 2.45) is 0 Å². The molecule has 0 aromatic carbocycles. The molecular formula is C19H31N3. The molecule has 2 fully saturated rings. The second-order valence-electron chi connectivity index (χ2n) is 6.87. The first-order valence-corrected chi connectivity index (χ1v) is 9.34. The Bertz CT molecular complexity index is 454. The van der Waals surface area contributed by atoms with Gasteiger partial charge in [0, 0.05) is 30.9 Å². The van der Waals surface area contributed by atoms with Gasteiger partial charge >= 0.3 is 0 Å². The molecule has 0 unspecified atom stereocenters. The normalized spacial score (nSPS) is 23.7. The number of hydrogen-bond donors (Lipinski definition) is 0. The van der Waals surface area contributed by atoms with Crippen LogP contribution in [0.5, 0.6) is 0 Å². The Kier molecular flexibility index (Phi) is 5.71. The lowest BCUT2D eigenvalue weighted by Gasteiger charge is -2.38. The van der Waals surface area contributed by atoms with Gasteiger partial charge in [-0.05, 0) is 57.7 Å².